The maximum Gasteiger partial charge on any atom is 0.236 e. The maximum atomic E-state index is 12.4. The van der Waals surface area contributed by atoms with E-state index in [2.05, 4.69) is 0 Å². The van der Waals surface area contributed by atoms with E-state index in [-0.39, 0.29) is 0 Å². The number of benzene rings is 1. The second-order valence-corrected chi connectivity index (χ2v) is 7.68. The van der Waals surface area contributed by atoms with E-state index in [1.165, 1.54) is 5.41 Å². The summed E-state index contributed by atoms with van der Waals surface area (Å²) in [6.45, 7) is 9.24. The number of rotatable bonds is 7. The first-order chi connectivity index (χ1) is 9.31. The highest BCUT2D eigenvalue weighted by molar-refractivity contribution is 7.92. The second-order valence-electron chi connectivity index (χ2n) is 5.86. The van der Waals surface area contributed by atoms with Crippen LogP contribution in [0, 0.1) is 11.8 Å². The molecule has 3 nitrogen and oxygen atoms in total. The Kier molecular flexibility index (Phi) is 6.43. The summed E-state index contributed by atoms with van der Waals surface area (Å²) in [6, 6.07) is 9.48. The lowest BCUT2D eigenvalue weighted by Gasteiger charge is -2.24. The Morgan fingerprint density at radius 3 is 1.95 bits per heavy atom. The van der Waals surface area contributed by atoms with Gasteiger partial charge in [-0.3, -0.25) is 0 Å². The zero-order chi connectivity index (χ0) is 15.2. The van der Waals surface area contributed by atoms with Crippen molar-refractivity contribution < 1.29 is 8.42 Å². The van der Waals surface area contributed by atoms with Crippen LogP contribution in [0.5, 0.6) is 0 Å². The quantitative estimate of drug-likeness (QED) is 0.770. The molecule has 1 aromatic rings. The first-order valence-electron chi connectivity index (χ1n) is 7.04. The monoisotopic (exact) mass is 295 g/mol. The zero-order valence-corrected chi connectivity index (χ0v) is 13.6. The predicted octanol–water partition coefficient (Wildman–Crippen LogP) is 3.60. The van der Waals surface area contributed by atoms with Gasteiger partial charge in [-0.25, -0.2) is 8.42 Å². The predicted molar refractivity (Wildman–Crippen MR) is 85.6 cm³/mol. The van der Waals surface area contributed by atoms with Crippen LogP contribution in [-0.4, -0.2) is 25.8 Å². The molecule has 1 aromatic carbocycles. The Hall–Kier alpha value is -1.13. The van der Waals surface area contributed by atoms with Crippen LogP contribution in [0.25, 0.3) is 6.08 Å². The van der Waals surface area contributed by atoms with Crippen LogP contribution in [0.15, 0.2) is 35.7 Å². The Morgan fingerprint density at radius 2 is 1.50 bits per heavy atom. The minimum absolute atomic E-state index is 0.314. The summed E-state index contributed by atoms with van der Waals surface area (Å²) in [7, 11) is -3.36. The van der Waals surface area contributed by atoms with Crippen LogP contribution >= 0.6 is 0 Å². The zero-order valence-electron chi connectivity index (χ0n) is 12.8. The van der Waals surface area contributed by atoms with Gasteiger partial charge in [0.25, 0.3) is 0 Å². The summed E-state index contributed by atoms with van der Waals surface area (Å²) in [5.41, 5.74) is 0.894. The molecule has 0 saturated carbocycles. The fourth-order valence-electron chi connectivity index (χ4n) is 1.91. The Balaban J connectivity index is 2.89. The molecule has 0 radical (unpaired) electrons. The molecular formula is C16H25NO2S. The van der Waals surface area contributed by atoms with E-state index in [9.17, 15) is 8.42 Å². The summed E-state index contributed by atoms with van der Waals surface area (Å²) in [5, 5.41) is 1.31. The van der Waals surface area contributed by atoms with Crippen molar-refractivity contribution in [2.75, 3.05) is 13.1 Å². The van der Waals surface area contributed by atoms with E-state index in [4.69, 9.17) is 0 Å². The molecule has 0 aliphatic rings. The van der Waals surface area contributed by atoms with Gasteiger partial charge in [-0.15, -0.1) is 0 Å². The standard InChI is InChI=1S/C16H25NO2S/c1-14(2)12-17(13-15(3)4)20(18,19)11-10-16-8-6-5-7-9-16/h5-11,14-15H,12-13H2,1-4H3/b11-10+. The maximum absolute atomic E-state index is 12.4. The highest BCUT2D eigenvalue weighted by atomic mass is 32.2. The average molecular weight is 295 g/mol. The first kappa shape index (κ1) is 16.9. The third-order valence-corrected chi connectivity index (χ3v) is 4.23. The van der Waals surface area contributed by atoms with Crippen molar-refractivity contribution in [1.82, 2.24) is 4.31 Å². The smallest absolute Gasteiger partial charge is 0.208 e. The highest BCUT2D eigenvalue weighted by Crippen LogP contribution is 2.13. The third-order valence-electron chi connectivity index (χ3n) is 2.73. The molecule has 0 fully saturated rings. The molecule has 0 unspecified atom stereocenters. The molecule has 112 valence electrons. The van der Waals surface area contributed by atoms with E-state index >= 15 is 0 Å². The van der Waals surface area contributed by atoms with Crippen LogP contribution in [-0.2, 0) is 10.0 Å². The van der Waals surface area contributed by atoms with Crippen molar-refractivity contribution in [3.8, 4) is 0 Å². The molecule has 0 aliphatic heterocycles. The van der Waals surface area contributed by atoms with Gasteiger partial charge in [0.05, 0.1) is 0 Å². The van der Waals surface area contributed by atoms with E-state index in [0.29, 0.717) is 24.9 Å². The molecule has 0 N–H and O–H groups in total. The van der Waals surface area contributed by atoms with Gasteiger partial charge in [0.2, 0.25) is 10.0 Å². The largest absolute Gasteiger partial charge is 0.236 e. The van der Waals surface area contributed by atoms with Crippen molar-refractivity contribution in [3.05, 3.63) is 41.3 Å². The third kappa shape index (κ3) is 5.88. The first-order valence-corrected chi connectivity index (χ1v) is 8.55. The number of hydrogen-bond acceptors (Lipinski definition) is 2. The van der Waals surface area contributed by atoms with Gasteiger partial charge in [-0.2, -0.15) is 4.31 Å². The van der Waals surface area contributed by atoms with E-state index < -0.39 is 10.0 Å². The lowest BCUT2D eigenvalue weighted by atomic mass is 10.2. The Labute approximate surface area is 123 Å². The summed E-state index contributed by atoms with van der Waals surface area (Å²) in [5.74, 6) is 0.627. The lowest BCUT2D eigenvalue weighted by molar-refractivity contribution is 0.337. The van der Waals surface area contributed by atoms with Crippen LogP contribution in [0.4, 0.5) is 0 Å². The van der Waals surface area contributed by atoms with Crippen molar-refractivity contribution in [1.29, 1.82) is 0 Å². The Bertz CT molecular complexity index is 509. The summed E-state index contributed by atoms with van der Waals surface area (Å²) < 4.78 is 26.4. The van der Waals surface area contributed by atoms with Crippen LogP contribution in [0.2, 0.25) is 0 Å². The summed E-state index contributed by atoms with van der Waals surface area (Å²) in [6.07, 6.45) is 1.66. The van der Waals surface area contributed by atoms with Crippen molar-refractivity contribution >= 4 is 16.1 Å². The summed E-state index contributed by atoms with van der Waals surface area (Å²) >= 11 is 0. The summed E-state index contributed by atoms with van der Waals surface area (Å²) in [4.78, 5) is 0. The van der Waals surface area contributed by atoms with Crippen LogP contribution < -0.4 is 0 Å². The fourth-order valence-corrected chi connectivity index (χ4v) is 3.42. The second kappa shape index (κ2) is 7.60. The van der Waals surface area contributed by atoms with Crippen LogP contribution in [0.3, 0.4) is 0 Å². The highest BCUT2D eigenvalue weighted by Gasteiger charge is 2.21. The van der Waals surface area contributed by atoms with Crippen molar-refractivity contribution in [2.45, 2.75) is 27.7 Å². The van der Waals surface area contributed by atoms with Crippen molar-refractivity contribution in [2.24, 2.45) is 11.8 Å². The molecule has 1 rings (SSSR count). The van der Waals surface area contributed by atoms with E-state index in [0.717, 1.165) is 5.56 Å². The number of hydrogen-bond donors (Lipinski definition) is 0. The van der Waals surface area contributed by atoms with Gasteiger partial charge in [0.1, 0.15) is 0 Å². The minimum Gasteiger partial charge on any atom is -0.208 e. The molecule has 0 amide bonds. The normalized spacial score (nSPS) is 12.9. The number of sulfonamides is 1. The molecule has 4 heteroatoms. The lowest BCUT2D eigenvalue weighted by Crippen LogP contribution is -2.35. The molecule has 0 spiro atoms. The Morgan fingerprint density at radius 1 is 1.00 bits per heavy atom. The molecule has 0 aliphatic carbocycles. The van der Waals surface area contributed by atoms with Gasteiger partial charge in [0.15, 0.2) is 0 Å². The fraction of sp³-hybridized carbons (Fsp3) is 0.500. The molecule has 0 aromatic heterocycles. The molecule has 0 bridgehead atoms. The van der Waals surface area contributed by atoms with Gasteiger partial charge in [-0.05, 0) is 23.5 Å². The van der Waals surface area contributed by atoms with Crippen molar-refractivity contribution in [3.63, 3.8) is 0 Å². The van der Waals surface area contributed by atoms with E-state index in [1.807, 2.05) is 58.0 Å². The average Bonchev–Trinajstić information content (AvgIpc) is 2.36. The van der Waals surface area contributed by atoms with E-state index in [1.54, 1.807) is 10.4 Å². The van der Waals surface area contributed by atoms with Crippen LogP contribution in [0.1, 0.15) is 33.3 Å². The van der Waals surface area contributed by atoms with Gasteiger partial charge in [-0.1, -0.05) is 58.0 Å². The van der Waals surface area contributed by atoms with Gasteiger partial charge in [0, 0.05) is 18.5 Å². The number of nitrogens with zero attached hydrogens (tertiary/aromatic N) is 1. The molecule has 0 saturated heterocycles. The topological polar surface area (TPSA) is 37.4 Å². The molecular weight excluding hydrogens is 270 g/mol. The molecule has 0 atom stereocenters. The SMILES string of the molecule is CC(C)CN(CC(C)C)S(=O)(=O)/C=C/c1ccccc1. The molecule has 0 heterocycles. The van der Waals surface area contributed by atoms with Gasteiger partial charge < -0.3 is 0 Å². The minimum atomic E-state index is -3.36. The molecule has 20 heavy (non-hydrogen) atoms. The van der Waals surface area contributed by atoms with Gasteiger partial charge >= 0.3 is 0 Å².